The summed E-state index contributed by atoms with van der Waals surface area (Å²) in [6.07, 6.45) is 0.120. The Bertz CT molecular complexity index is 2060. The van der Waals surface area contributed by atoms with Crippen LogP contribution in [0.4, 0.5) is 18.0 Å². The molecule has 0 spiro atoms. The molecular formula is C40H52F3N5O9S. The topological polar surface area (TPSA) is 182 Å². The largest absolute Gasteiger partial charge is 0.489 e. The van der Waals surface area contributed by atoms with Crippen molar-refractivity contribution in [1.29, 1.82) is 0 Å². The Balaban J connectivity index is 1.35. The molecule has 2 aliphatic heterocycles. The fourth-order valence-electron chi connectivity index (χ4n) is 7.68. The first-order valence-electron chi connectivity index (χ1n) is 19.7. The third kappa shape index (κ3) is 9.31. The van der Waals surface area contributed by atoms with Crippen LogP contribution in [0, 0.1) is 17.8 Å². The minimum Gasteiger partial charge on any atom is -0.489 e. The van der Waals surface area contributed by atoms with Gasteiger partial charge in [0.15, 0.2) is 0 Å². The maximum atomic E-state index is 14.8. The van der Waals surface area contributed by atoms with Crippen molar-refractivity contribution in [3.63, 3.8) is 0 Å². The van der Waals surface area contributed by atoms with Gasteiger partial charge < -0.3 is 29.7 Å². The van der Waals surface area contributed by atoms with Crippen LogP contribution in [0.5, 0.6) is 11.6 Å². The second kappa shape index (κ2) is 16.2. The number of halogens is 3. The quantitative estimate of drug-likeness (QED) is 0.281. The third-order valence-corrected chi connectivity index (χ3v) is 13.1. The average molecular weight is 836 g/mol. The molecule has 2 saturated carbocycles. The number of amides is 4. The molecule has 3 N–H and O–H groups in total. The van der Waals surface area contributed by atoms with Crippen LogP contribution in [0.3, 0.4) is 0 Å². The van der Waals surface area contributed by atoms with Crippen molar-refractivity contribution < 1.29 is 55.0 Å². The molecule has 1 aromatic carbocycles. The molecule has 18 heteroatoms. The number of allylic oxidation sites excluding steroid dienone is 1. The molecule has 1 saturated heterocycles. The van der Waals surface area contributed by atoms with Crippen molar-refractivity contribution in [1.82, 2.24) is 25.2 Å². The van der Waals surface area contributed by atoms with Gasteiger partial charge in [-0.3, -0.25) is 19.1 Å². The highest BCUT2D eigenvalue weighted by atomic mass is 32.2. The number of alkyl carbamates (subject to hydrolysis) is 1. The highest BCUT2D eigenvalue weighted by Crippen LogP contribution is 2.46. The third-order valence-electron chi connectivity index (χ3n) is 11.3. The fraction of sp³-hybridized carbons (Fsp3) is 0.625. The zero-order valence-corrected chi connectivity index (χ0v) is 34.2. The zero-order valence-electron chi connectivity index (χ0n) is 33.4. The van der Waals surface area contributed by atoms with Crippen molar-refractivity contribution in [2.45, 2.75) is 133 Å². The van der Waals surface area contributed by atoms with Gasteiger partial charge in [0, 0.05) is 23.1 Å². The summed E-state index contributed by atoms with van der Waals surface area (Å²) >= 11 is 0. The van der Waals surface area contributed by atoms with Gasteiger partial charge in [0.05, 0.1) is 24.1 Å². The normalized spacial score (nSPS) is 28.4. The van der Waals surface area contributed by atoms with E-state index in [1.54, 1.807) is 25.1 Å². The number of pyridine rings is 1. The summed E-state index contributed by atoms with van der Waals surface area (Å²) in [6.45, 7) is 8.56. The Hall–Kier alpha value is -4.61. The molecule has 0 radical (unpaired) electrons. The number of carbonyl (C=O) groups is 4. The highest BCUT2D eigenvalue weighted by Gasteiger charge is 2.62. The minimum atomic E-state index is -4.91. The van der Waals surface area contributed by atoms with Gasteiger partial charge in [0.2, 0.25) is 33.3 Å². The molecular weight excluding hydrogens is 784 g/mol. The SMILES string of the molecule is CC1CCC=CC2CC2(C(=O)NS(=O)(=O)C2CC2)NC(=O)C2CC(Oc3ncc(OC(C)C)c4ccccc34)CN2C(=O)C(NC(=O)OC(C)(C)C(F)(F)F)C(C)C1. The van der Waals surface area contributed by atoms with Gasteiger partial charge in [-0.15, -0.1) is 0 Å². The number of fused-ring (bicyclic) bond motifs is 3. The lowest BCUT2D eigenvalue weighted by molar-refractivity contribution is -0.244. The van der Waals surface area contributed by atoms with Crippen molar-refractivity contribution in [3.05, 3.63) is 42.6 Å². The predicted octanol–water partition coefficient (Wildman–Crippen LogP) is 5.30. The molecule has 4 amide bonds. The van der Waals surface area contributed by atoms with E-state index in [1.807, 2.05) is 39.0 Å². The summed E-state index contributed by atoms with van der Waals surface area (Å²) in [5, 5.41) is 5.78. The maximum absolute atomic E-state index is 14.8. The van der Waals surface area contributed by atoms with E-state index < -0.39 is 86.4 Å². The van der Waals surface area contributed by atoms with Crippen LogP contribution in [-0.4, -0.2) is 95.5 Å². The van der Waals surface area contributed by atoms with E-state index in [-0.39, 0.29) is 37.3 Å². The van der Waals surface area contributed by atoms with Crippen molar-refractivity contribution in [2.24, 2.45) is 17.8 Å². The number of alkyl halides is 3. The summed E-state index contributed by atoms with van der Waals surface area (Å²) in [5.41, 5.74) is -4.51. The summed E-state index contributed by atoms with van der Waals surface area (Å²) in [7, 11) is -3.98. The first-order valence-corrected chi connectivity index (χ1v) is 21.3. The number of hydrogen-bond acceptors (Lipinski definition) is 10. The number of ether oxygens (including phenoxy) is 3. The first-order chi connectivity index (χ1) is 27.1. The van der Waals surface area contributed by atoms with Crippen molar-refractivity contribution >= 4 is 44.6 Å². The molecule has 7 atom stereocenters. The van der Waals surface area contributed by atoms with Gasteiger partial charge in [-0.25, -0.2) is 18.2 Å². The van der Waals surface area contributed by atoms with Crippen molar-refractivity contribution in [3.8, 4) is 11.6 Å². The Kier molecular flexibility index (Phi) is 12.0. The van der Waals surface area contributed by atoms with Crippen LogP contribution in [-0.2, 0) is 29.1 Å². The number of nitrogens with zero attached hydrogens (tertiary/aromatic N) is 2. The smallest absolute Gasteiger partial charge is 0.427 e. The van der Waals surface area contributed by atoms with E-state index in [4.69, 9.17) is 14.2 Å². The molecule has 0 bridgehead atoms. The van der Waals surface area contributed by atoms with Crippen LogP contribution in [0.1, 0.15) is 86.5 Å². The molecule has 3 fully saturated rings. The number of rotatable bonds is 9. The standard InChI is InChI=1S/C40H52F3N5O9S/c1-22(2)55-31-20-44-34(29-14-10-9-13-28(29)31)56-26-18-30-33(49)46-39(36(51)47-58(53,54)27-15-16-27)19-25(39)12-8-7-11-23(3)17-24(4)32(35(50)48(30)21-26)45-37(52)57-38(5,6)40(41,42)43/h8-10,12-14,20,22-27,30,32H,7,11,15-19,21H2,1-6H3,(H,45,52)(H,46,49)(H,47,51). The van der Waals surface area contributed by atoms with Gasteiger partial charge in [-0.05, 0) is 84.1 Å². The molecule has 2 aliphatic carbocycles. The molecule has 318 valence electrons. The number of hydrogen-bond donors (Lipinski definition) is 3. The highest BCUT2D eigenvalue weighted by molar-refractivity contribution is 7.91. The van der Waals surface area contributed by atoms with Gasteiger partial charge >= 0.3 is 12.3 Å². The summed E-state index contributed by atoms with van der Waals surface area (Å²) < 4.78 is 86.3. The predicted molar refractivity (Wildman–Crippen MR) is 206 cm³/mol. The zero-order chi connectivity index (χ0) is 42.4. The summed E-state index contributed by atoms with van der Waals surface area (Å²) in [5.74, 6) is -2.94. The number of benzene rings is 1. The van der Waals surface area contributed by atoms with E-state index in [0.29, 0.717) is 62.5 Å². The second-order valence-corrected chi connectivity index (χ2v) is 18.9. The molecule has 14 nitrogen and oxygen atoms in total. The number of aromatic nitrogens is 1. The number of nitrogens with one attached hydrogen (secondary N) is 3. The molecule has 6 rings (SSSR count). The molecule has 4 aliphatic rings. The second-order valence-electron chi connectivity index (χ2n) is 16.9. The summed E-state index contributed by atoms with van der Waals surface area (Å²) in [6, 6.07) is 4.49. The van der Waals surface area contributed by atoms with Gasteiger partial charge in [0.25, 0.3) is 5.91 Å². The molecule has 2 aromatic rings. The lowest BCUT2D eigenvalue weighted by atomic mass is 9.88. The Morgan fingerprint density at radius 3 is 2.40 bits per heavy atom. The monoisotopic (exact) mass is 835 g/mol. The fourth-order valence-corrected chi connectivity index (χ4v) is 9.05. The van der Waals surface area contributed by atoms with E-state index in [0.717, 1.165) is 0 Å². The summed E-state index contributed by atoms with van der Waals surface area (Å²) in [4.78, 5) is 61.8. The van der Waals surface area contributed by atoms with Crippen LogP contribution >= 0.6 is 0 Å². The van der Waals surface area contributed by atoms with Gasteiger partial charge in [0.1, 0.15) is 29.5 Å². The Morgan fingerprint density at radius 1 is 1.05 bits per heavy atom. The van der Waals surface area contributed by atoms with Gasteiger partial charge in [-0.2, -0.15) is 13.2 Å². The molecule has 7 unspecified atom stereocenters. The van der Waals surface area contributed by atoms with E-state index in [2.05, 4.69) is 20.3 Å². The number of sulfonamides is 1. The van der Waals surface area contributed by atoms with Crippen molar-refractivity contribution in [2.75, 3.05) is 6.54 Å². The van der Waals surface area contributed by atoms with E-state index in [1.165, 1.54) is 11.1 Å². The van der Waals surface area contributed by atoms with Crippen LogP contribution in [0.2, 0.25) is 0 Å². The minimum absolute atomic E-state index is 0.0346. The Morgan fingerprint density at radius 2 is 1.74 bits per heavy atom. The van der Waals surface area contributed by atoms with Crippen LogP contribution < -0.4 is 24.8 Å². The molecule has 3 heterocycles. The first kappa shape index (κ1) is 43.0. The molecule has 58 heavy (non-hydrogen) atoms. The van der Waals surface area contributed by atoms with E-state index in [9.17, 15) is 40.8 Å². The lowest BCUT2D eigenvalue weighted by Crippen LogP contribution is -2.59. The van der Waals surface area contributed by atoms with Crippen LogP contribution in [0.25, 0.3) is 10.8 Å². The van der Waals surface area contributed by atoms with E-state index >= 15 is 0 Å². The average Bonchev–Trinajstić information content (AvgIpc) is 4.05. The van der Waals surface area contributed by atoms with Gasteiger partial charge in [-0.1, -0.05) is 44.2 Å². The van der Waals surface area contributed by atoms with Crippen LogP contribution in [0.15, 0.2) is 42.6 Å². The Labute approximate surface area is 336 Å². The molecule has 1 aromatic heterocycles. The lowest BCUT2D eigenvalue weighted by Gasteiger charge is -2.34. The maximum Gasteiger partial charge on any atom is 0.427 e. The number of carbonyl (C=O) groups excluding carboxylic acids is 4.